The Hall–Kier alpha value is -1.65. The van der Waals surface area contributed by atoms with Crippen LogP contribution in [0.1, 0.15) is 11.1 Å². The first-order valence-electron chi connectivity index (χ1n) is 5.60. The maximum absolute atomic E-state index is 13.2. The molecule has 19 heavy (non-hydrogen) atoms. The molecule has 2 aromatic rings. The largest absolute Gasteiger partial charge is 0.389 e. The summed E-state index contributed by atoms with van der Waals surface area (Å²) in [5, 5.41) is 3.63. The zero-order chi connectivity index (χ0) is 14.0. The Morgan fingerprint density at radius 1 is 1.32 bits per heavy atom. The topological polar surface area (TPSA) is 38.0 Å². The van der Waals surface area contributed by atoms with Crippen molar-refractivity contribution in [1.29, 1.82) is 0 Å². The number of rotatable bonds is 3. The van der Waals surface area contributed by atoms with E-state index < -0.39 is 0 Å². The van der Waals surface area contributed by atoms with E-state index in [0.29, 0.717) is 21.8 Å². The molecule has 0 atom stereocenters. The van der Waals surface area contributed by atoms with E-state index in [1.54, 1.807) is 31.2 Å². The maximum Gasteiger partial charge on any atom is 0.126 e. The van der Waals surface area contributed by atoms with E-state index >= 15 is 0 Å². The number of benzene rings is 2. The van der Waals surface area contributed by atoms with Crippen molar-refractivity contribution in [2.45, 2.75) is 6.92 Å². The molecule has 0 heterocycles. The monoisotopic (exact) mass is 294 g/mol. The van der Waals surface area contributed by atoms with Gasteiger partial charge in [-0.2, -0.15) is 0 Å². The van der Waals surface area contributed by atoms with Crippen LogP contribution in [0.2, 0.25) is 5.02 Å². The number of anilines is 2. The van der Waals surface area contributed by atoms with Gasteiger partial charge in [0, 0.05) is 5.69 Å². The van der Waals surface area contributed by atoms with Crippen LogP contribution in [-0.4, -0.2) is 4.99 Å². The highest BCUT2D eigenvalue weighted by atomic mass is 35.5. The van der Waals surface area contributed by atoms with Gasteiger partial charge in [0.2, 0.25) is 0 Å². The highest BCUT2D eigenvalue weighted by Gasteiger charge is 2.10. The number of halogens is 2. The minimum absolute atomic E-state index is 0.215. The molecule has 2 rings (SSSR count). The second-order valence-electron chi connectivity index (χ2n) is 4.12. The summed E-state index contributed by atoms with van der Waals surface area (Å²) in [6.07, 6.45) is 0. The van der Waals surface area contributed by atoms with Crippen LogP contribution in [0.4, 0.5) is 15.8 Å². The van der Waals surface area contributed by atoms with Crippen LogP contribution in [-0.2, 0) is 0 Å². The van der Waals surface area contributed by atoms with Crippen molar-refractivity contribution in [3.8, 4) is 0 Å². The van der Waals surface area contributed by atoms with Crippen LogP contribution >= 0.6 is 23.8 Å². The summed E-state index contributed by atoms with van der Waals surface area (Å²) in [4.78, 5) is 0.215. The average Bonchev–Trinajstić information content (AvgIpc) is 2.33. The molecule has 0 aliphatic heterocycles. The number of aryl methyl sites for hydroxylation is 1. The van der Waals surface area contributed by atoms with E-state index in [2.05, 4.69) is 5.32 Å². The summed E-state index contributed by atoms with van der Waals surface area (Å²) in [5.74, 6) is -0.244. The van der Waals surface area contributed by atoms with Crippen molar-refractivity contribution in [3.63, 3.8) is 0 Å². The Morgan fingerprint density at radius 2 is 2.05 bits per heavy atom. The molecule has 0 bridgehead atoms. The summed E-state index contributed by atoms with van der Waals surface area (Å²) in [6.45, 7) is 1.70. The molecule has 2 nitrogen and oxygen atoms in total. The fourth-order valence-electron chi connectivity index (χ4n) is 1.76. The van der Waals surface area contributed by atoms with Gasteiger partial charge in [-0.15, -0.1) is 0 Å². The Bertz CT molecular complexity index is 643. The summed E-state index contributed by atoms with van der Waals surface area (Å²) in [7, 11) is 0. The quantitative estimate of drug-likeness (QED) is 0.835. The number of hydrogen-bond acceptors (Lipinski definition) is 2. The highest BCUT2D eigenvalue weighted by Crippen LogP contribution is 2.27. The van der Waals surface area contributed by atoms with Crippen LogP contribution in [0.3, 0.4) is 0 Å². The third-order valence-corrected chi connectivity index (χ3v) is 3.22. The Kier molecular flexibility index (Phi) is 4.02. The summed E-state index contributed by atoms with van der Waals surface area (Å²) < 4.78 is 13.2. The molecule has 98 valence electrons. The van der Waals surface area contributed by atoms with Crippen LogP contribution in [0.5, 0.6) is 0 Å². The van der Waals surface area contributed by atoms with Gasteiger partial charge < -0.3 is 11.1 Å². The molecule has 0 saturated carbocycles. The molecule has 0 saturated heterocycles. The Balaban J connectivity index is 2.40. The fourth-order valence-corrected chi connectivity index (χ4v) is 2.31. The van der Waals surface area contributed by atoms with Crippen molar-refractivity contribution in [3.05, 3.63) is 58.4 Å². The first kappa shape index (κ1) is 13.8. The van der Waals surface area contributed by atoms with Crippen molar-refractivity contribution >= 4 is 40.2 Å². The molecular formula is C14H12ClFN2S. The van der Waals surface area contributed by atoms with Gasteiger partial charge in [0.05, 0.1) is 16.3 Å². The van der Waals surface area contributed by atoms with E-state index in [1.807, 2.05) is 6.07 Å². The molecule has 0 aromatic heterocycles. The van der Waals surface area contributed by atoms with Gasteiger partial charge in [-0.05, 0) is 42.8 Å². The van der Waals surface area contributed by atoms with Gasteiger partial charge >= 0.3 is 0 Å². The van der Waals surface area contributed by atoms with Crippen LogP contribution in [0.25, 0.3) is 0 Å². The number of nitrogens with one attached hydrogen (secondary N) is 1. The second kappa shape index (κ2) is 5.55. The highest BCUT2D eigenvalue weighted by molar-refractivity contribution is 7.80. The van der Waals surface area contributed by atoms with Crippen molar-refractivity contribution in [2.24, 2.45) is 5.73 Å². The van der Waals surface area contributed by atoms with Crippen LogP contribution in [0, 0.1) is 12.7 Å². The van der Waals surface area contributed by atoms with E-state index in [-0.39, 0.29) is 10.8 Å². The SMILES string of the molecule is Cc1cc(Nc2cccc(Cl)c2C(N)=S)ccc1F. The molecule has 0 aliphatic rings. The molecule has 3 N–H and O–H groups in total. The number of hydrogen-bond donors (Lipinski definition) is 2. The minimum atomic E-state index is -0.244. The van der Waals surface area contributed by atoms with Crippen molar-refractivity contribution < 1.29 is 4.39 Å². The van der Waals surface area contributed by atoms with Crippen LogP contribution < -0.4 is 11.1 Å². The van der Waals surface area contributed by atoms with Gasteiger partial charge in [-0.3, -0.25) is 0 Å². The smallest absolute Gasteiger partial charge is 0.126 e. The molecule has 0 spiro atoms. The number of nitrogens with two attached hydrogens (primary N) is 1. The second-order valence-corrected chi connectivity index (χ2v) is 4.96. The molecule has 0 fully saturated rings. The first-order valence-corrected chi connectivity index (χ1v) is 6.39. The van der Waals surface area contributed by atoms with Gasteiger partial charge in [0.1, 0.15) is 10.8 Å². The predicted octanol–water partition coefficient (Wildman–Crippen LogP) is 4.17. The zero-order valence-electron chi connectivity index (χ0n) is 10.2. The lowest BCUT2D eigenvalue weighted by atomic mass is 10.1. The van der Waals surface area contributed by atoms with Crippen molar-refractivity contribution in [1.82, 2.24) is 0 Å². The molecule has 0 unspecified atom stereocenters. The average molecular weight is 295 g/mol. The fraction of sp³-hybridized carbons (Fsp3) is 0.0714. The standard InChI is InChI=1S/C14H12ClFN2S/c1-8-7-9(5-6-11(8)16)18-12-4-2-3-10(15)13(12)14(17)19/h2-7,18H,1H3,(H2,17,19). The number of thiocarbonyl (C=S) groups is 1. The van der Waals surface area contributed by atoms with Gasteiger partial charge in [-0.1, -0.05) is 29.9 Å². The van der Waals surface area contributed by atoms with Gasteiger partial charge in [0.25, 0.3) is 0 Å². The maximum atomic E-state index is 13.2. The predicted molar refractivity (Wildman–Crippen MR) is 81.8 cm³/mol. The van der Waals surface area contributed by atoms with Gasteiger partial charge in [-0.25, -0.2) is 4.39 Å². The molecular weight excluding hydrogens is 283 g/mol. The third-order valence-electron chi connectivity index (χ3n) is 2.70. The van der Waals surface area contributed by atoms with E-state index in [4.69, 9.17) is 29.6 Å². The lowest BCUT2D eigenvalue weighted by Crippen LogP contribution is -2.12. The molecule has 0 amide bonds. The Labute approximate surface area is 121 Å². The summed E-state index contributed by atoms with van der Waals surface area (Å²) in [6, 6.07) is 10.1. The molecule has 0 radical (unpaired) electrons. The van der Waals surface area contributed by atoms with E-state index in [1.165, 1.54) is 6.07 Å². The Morgan fingerprint density at radius 3 is 2.68 bits per heavy atom. The molecule has 2 aromatic carbocycles. The van der Waals surface area contributed by atoms with Gasteiger partial charge in [0.15, 0.2) is 0 Å². The zero-order valence-corrected chi connectivity index (χ0v) is 11.8. The summed E-state index contributed by atoms with van der Waals surface area (Å²) in [5.41, 5.74) is 8.26. The molecule has 0 aliphatic carbocycles. The lowest BCUT2D eigenvalue weighted by molar-refractivity contribution is 0.619. The third kappa shape index (κ3) is 3.03. The minimum Gasteiger partial charge on any atom is -0.389 e. The first-order chi connectivity index (χ1) is 8.99. The summed E-state index contributed by atoms with van der Waals surface area (Å²) >= 11 is 11.1. The van der Waals surface area contributed by atoms with E-state index in [0.717, 1.165) is 5.69 Å². The normalized spacial score (nSPS) is 10.3. The molecule has 5 heteroatoms. The van der Waals surface area contributed by atoms with Crippen molar-refractivity contribution in [2.75, 3.05) is 5.32 Å². The van der Waals surface area contributed by atoms with E-state index in [9.17, 15) is 4.39 Å². The lowest BCUT2D eigenvalue weighted by Gasteiger charge is -2.13. The van der Waals surface area contributed by atoms with Crippen LogP contribution in [0.15, 0.2) is 36.4 Å².